The highest BCUT2D eigenvalue weighted by molar-refractivity contribution is 5.85. The van der Waals surface area contributed by atoms with Crippen molar-refractivity contribution in [2.24, 2.45) is 5.92 Å². The van der Waals surface area contributed by atoms with Crippen molar-refractivity contribution < 1.29 is 14.4 Å². The molecule has 1 unspecified atom stereocenters. The van der Waals surface area contributed by atoms with Crippen LogP contribution in [0.25, 0.3) is 0 Å². The van der Waals surface area contributed by atoms with Crippen LogP contribution in [-0.4, -0.2) is 17.3 Å². The Labute approximate surface area is 117 Å². The van der Waals surface area contributed by atoms with Gasteiger partial charge < -0.3 is 0 Å². The topological polar surface area (TPSA) is 51.2 Å². The van der Waals surface area contributed by atoms with Crippen molar-refractivity contribution >= 4 is 17.3 Å². The van der Waals surface area contributed by atoms with Gasteiger partial charge in [-0.3, -0.25) is 14.4 Å². The number of hydrogen-bond acceptors (Lipinski definition) is 3. The van der Waals surface area contributed by atoms with Gasteiger partial charge >= 0.3 is 0 Å². The standard InChI is InChI=1S/C16H28O3/c1-4-7-13(12-15(18)6-3)8-9-16(19)11-10-14(17)5-2/h13H,4-12H2,1-3H3. The number of hydrogen-bond donors (Lipinski definition) is 0. The largest absolute Gasteiger partial charge is 0.300 e. The van der Waals surface area contributed by atoms with Gasteiger partial charge in [0.15, 0.2) is 0 Å². The van der Waals surface area contributed by atoms with E-state index in [0.717, 1.165) is 19.3 Å². The Bertz CT molecular complexity index is 294. The van der Waals surface area contributed by atoms with Gasteiger partial charge in [0.2, 0.25) is 0 Å². The van der Waals surface area contributed by atoms with E-state index in [2.05, 4.69) is 6.92 Å². The van der Waals surface area contributed by atoms with E-state index < -0.39 is 0 Å². The number of ketones is 3. The van der Waals surface area contributed by atoms with E-state index in [1.165, 1.54) is 0 Å². The molecule has 0 aliphatic carbocycles. The van der Waals surface area contributed by atoms with Gasteiger partial charge in [0.1, 0.15) is 17.3 Å². The van der Waals surface area contributed by atoms with Crippen LogP contribution in [0.4, 0.5) is 0 Å². The molecular formula is C16H28O3. The fraction of sp³-hybridized carbons (Fsp3) is 0.812. The normalized spacial score (nSPS) is 12.2. The molecule has 0 aliphatic rings. The van der Waals surface area contributed by atoms with E-state index in [1.807, 2.05) is 13.8 Å². The second-order valence-corrected chi connectivity index (χ2v) is 5.22. The minimum Gasteiger partial charge on any atom is -0.300 e. The summed E-state index contributed by atoms with van der Waals surface area (Å²) < 4.78 is 0. The summed E-state index contributed by atoms with van der Waals surface area (Å²) in [6.45, 7) is 5.80. The lowest BCUT2D eigenvalue weighted by Crippen LogP contribution is -2.11. The predicted octanol–water partition coefficient (Wildman–Crippen LogP) is 3.88. The molecule has 0 aromatic rings. The van der Waals surface area contributed by atoms with Crippen molar-refractivity contribution in [3.05, 3.63) is 0 Å². The lowest BCUT2D eigenvalue weighted by atomic mass is 9.90. The molecule has 3 heteroatoms. The molecule has 0 rings (SSSR count). The van der Waals surface area contributed by atoms with Crippen LogP contribution in [0.5, 0.6) is 0 Å². The van der Waals surface area contributed by atoms with Crippen LogP contribution < -0.4 is 0 Å². The van der Waals surface area contributed by atoms with Crippen LogP contribution in [0, 0.1) is 5.92 Å². The Morgan fingerprint density at radius 1 is 0.737 bits per heavy atom. The van der Waals surface area contributed by atoms with E-state index in [0.29, 0.717) is 44.4 Å². The average Bonchev–Trinajstić information content (AvgIpc) is 2.41. The number of rotatable bonds is 12. The minimum atomic E-state index is 0.152. The molecule has 0 aromatic carbocycles. The van der Waals surface area contributed by atoms with E-state index in [-0.39, 0.29) is 17.3 Å². The first-order valence-corrected chi connectivity index (χ1v) is 7.58. The fourth-order valence-corrected chi connectivity index (χ4v) is 2.17. The van der Waals surface area contributed by atoms with Gasteiger partial charge in [0.05, 0.1) is 0 Å². The Kier molecular flexibility index (Phi) is 10.3. The Hall–Kier alpha value is -0.990. The van der Waals surface area contributed by atoms with Gasteiger partial charge in [-0.05, 0) is 12.3 Å². The van der Waals surface area contributed by atoms with Gasteiger partial charge in [0, 0.05) is 38.5 Å². The summed E-state index contributed by atoms with van der Waals surface area (Å²) in [5.41, 5.74) is 0. The zero-order chi connectivity index (χ0) is 14.7. The first-order valence-electron chi connectivity index (χ1n) is 7.58. The predicted molar refractivity (Wildman–Crippen MR) is 77.1 cm³/mol. The lowest BCUT2D eigenvalue weighted by Gasteiger charge is -2.14. The monoisotopic (exact) mass is 268 g/mol. The van der Waals surface area contributed by atoms with E-state index in [9.17, 15) is 14.4 Å². The van der Waals surface area contributed by atoms with Gasteiger partial charge in [-0.2, -0.15) is 0 Å². The van der Waals surface area contributed by atoms with Crippen LogP contribution in [0.3, 0.4) is 0 Å². The third kappa shape index (κ3) is 9.57. The molecule has 0 saturated carbocycles. The van der Waals surface area contributed by atoms with Crippen LogP contribution in [-0.2, 0) is 14.4 Å². The molecule has 0 saturated heterocycles. The summed E-state index contributed by atoms with van der Waals surface area (Å²) in [7, 11) is 0. The van der Waals surface area contributed by atoms with Crippen molar-refractivity contribution in [1.29, 1.82) is 0 Å². The molecule has 0 amide bonds. The highest BCUT2D eigenvalue weighted by Crippen LogP contribution is 2.19. The molecule has 0 radical (unpaired) electrons. The number of carbonyl (C=O) groups excluding carboxylic acids is 3. The molecule has 0 fully saturated rings. The van der Waals surface area contributed by atoms with Crippen LogP contribution in [0.2, 0.25) is 0 Å². The maximum absolute atomic E-state index is 11.7. The fourth-order valence-electron chi connectivity index (χ4n) is 2.17. The van der Waals surface area contributed by atoms with E-state index in [4.69, 9.17) is 0 Å². The summed E-state index contributed by atoms with van der Waals surface area (Å²) in [6, 6.07) is 0. The summed E-state index contributed by atoms with van der Waals surface area (Å²) in [6.07, 6.45) is 5.80. The van der Waals surface area contributed by atoms with Crippen molar-refractivity contribution in [3.63, 3.8) is 0 Å². The molecule has 0 spiro atoms. The molecule has 1 atom stereocenters. The molecule has 0 heterocycles. The molecular weight excluding hydrogens is 240 g/mol. The molecule has 19 heavy (non-hydrogen) atoms. The Balaban J connectivity index is 3.99. The van der Waals surface area contributed by atoms with Crippen LogP contribution >= 0.6 is 0 Å². The summed E-state index contributed by atoms with van der Waals surface area (Å²) in [4.78, 5) is 34.3. The molecule has 0 bridgehead atoms. The number of Topliss-reactive ketones (excluding diaryl/α,β-unsaturated/α-hetero) is 3. The SMILES string of the molecule is CCCC(CCC(=O)CCC(=O)CC)CC(=O)CC. The molecule has 0 N–H and O–H groups in total. The van der Waals surface area contributed by atoms with Gasteiger partial charge in [-0.15, -0.1) is 0 Å². The van der Waals surface area contributed by atoms with Gasteiger partial charge in [-0.25, -0.2) is 0 Å². The van der Waals surface area contributed by atoms with Crippen molar-refractivity contribution in [2.75, 3.05) is 0 Å². The van der Waals surface area contributed by atoms with E-state index in [1.54, 1.807) is 0 Å². The van der Waals surface area contributed by atoms with Crippen molar-refractivity contribution in [2.45, 2.75) is 78.6 Å². The quantitative estimate of drug-likeness (QED) is 0.539. The summed E-state index contributed by atoms with van der Waals surface area (Å²) >= 11 is 0. The van der Waals surface area contributed by atoms with Crippen molar-refractivity contribution in [3.8, 4) is 0 Å². The summed E-state index contributed by atoms with van der Waals surface area (Å²) in [5, 5.41) is 0. The first-order chi connectivity index (χ1) is 9.03. The maximum atomic E-state index is 11.7. The third-order valence-electron chi connectivity index (χ3n) is 3.52. The highest BCUT2D eigenvalue weighted by atomic mass is 16.1. The lowest BCUT2D eigenvalue weighted by molar-refractivity contribution is -0.124. The Morgan fingerprint density at radius 2 is 1.32 bits per heavy atom. The second-order valence-electron chi connectivity index (χ2n) is 5.22. The maximum Gasteiger partial charge on any atom is 0.133 e. The van der Waals surface area contributed by atoms with Gasteiger partial charge in [-0.1, -0.05) is 33.6 Å². The number of carbonyl (C=O) groups is 3. The van der Waals surface area contributed by atoms with Crippen molar-refractivity contribution in [1.82, 2.24) is 0 Å². The Morgan fingerprint density at radius 3 is 1.84 bits per heavy atom. The van der Waals surface area contributed by atoms with Gasteiger partial charge in [0.25, 0.3) is 0 Å². The molecule has 0 aliphatic heterocycles. The van der Waals surface area contributed by atoms with E-state index >= 15 is 0 Å². The molecule has 110 valence electrons. The zero-order valence-electron chi connectivity index (χ0n) is 12.7. The summed E-state index contributed by atoms with van der Waals surface area (Å²) in [5.74, 6) is 0.932. The average molecular weight is 268 g/mol. The smallest absolute Gasteiger partial charge is 0.133 e. The zero-order valence-corrected chi connectivity index (χ0v) is 12.7. The minimum absolute atomic E-state index is 0.152. The second kappa shape index (κ2) is 10.9. The van der Waals surface area contributed by atoms with Crippen LogP contribution in [0.1, 0.15) is 78.6 Å². The highest BCUT2D eigenvalue weighted by Gasteiger charge is 2.14. The van der Waals surface area contributed by atoms with Crippen LogP contribution in [0.15, 0.2) is 0 Å². The molecule has 3 nitrogen and oxygen atoms in total. The molecule has 0 aromatic heterocycles. The first kappa shape index (κ1) is 18.0. The third-order valence-corrected chi connectivity index (χ3v) is 3.52.